The molecule has 6 nitrogen and oxygen atoms in total. The van der Waals surface area contributed by atoms with Gasteiger partial charge in [0, 0.05) is 0 Å². The van der Waals surface area contributed by atoms with Gasteiger partial charge in [-0.2, -0.15) is 0 Å². The second-order valence-corrected chi connectivity index (χ2v) is 3.82. The van der Waals surface area contributed by atoms with Crippen molar-refractivity contribution >= 4 is 12.1 Å². The van der Waals surface area contributed by atoms with Crippen LogP contribution in [-0.2, 0) is 14.3 Å². The molecule has 16 heavy (non-hydrogen) atoms. The van der Waals surface area contributed by atoms with Crippen molar-refractivity contribution in [2.45, 2.75) is 13.0 Å². The molecule has 2 atom stereocenters. The lowest BCUT2D eigenvalue weighted by atomic mass is 9.85. The largest absolute Gasteiger partial charge is 0.481 e. The number of carbonyl (C=O) groups excluding carboxylic acids is 1. The maximum absolute atomic E-state index is 11.2. The smallest absolute Gasteiger partial charge is 0.407 e. The molecule has 2 N–H and O–H groups in total. The maximum atomic E-state index is 11.2. The highest BCUT2D eigenvalue weighted by Crippen LogP contribution is 2.28. The summed E-state index contributed by atoms with van der Waals surface area (Å²) in [5, 5.41) is 11.5. The van der Waals surface area contributed by atoms with Crippen LogP contribution >= 0.6 is 0 Å². The normalized spacial score (nSPS) is 28.4. The standard InChI is InChI=1S/C10H15NO5/c1-3-4-16-9(14)11-7-5-15-6-10(7,2)8(12)13/h3,7H,1,4-6H2,2H3,(H,11,14)(H,12,13). The Kier molecular flexibility index (Phi) is 3.89. The Morgan fingerprint density at radius 3 is 3.00 bits per heavy atom. The highest BCUT2D eigenvalue weighted by Gasteiger charge is 2.47. The van der Waals surface area contributed by atoms with Crippen LogP contribution in [0.3, 0.4) is 0 Å². The number of carboxylic acids is 1. The summed E-state index contributed by atoms with van der Waals surface area (Å²) < 4.78 is 9.78. The van der Waals surface area contributed by atoms with Crippen LogP contribution in [0.15, 0.2) is 12.7 Å². The van der Waals surface area contributed by atoms with E-state index in [1.807, 2.05) is 0 Å². The lowest BCUT2D eigenvalue weighted by Crippen LogP contribution is -2.49. The van der Waals surface area contributed by atoms with E-state index in [1.54, 1.807) is 0 Å². The van der Waals surface area contributed by atoms with Gasteiger partial charge in [0.15, 0.2) is 0 Å². The van der Waals surface area contributed by atoms with Gasteiger partial charge in [0.1, 0.15) is 12.0 Å². The molecule has 0 bridgehead atoms. The zero-order chi connectivity index (χ0) is 12.2. The van der Waals surface area contributed by atoms with Gasteiger partial charge in [-0.05, 0) is 6.92 Å². The molecule has 90 valence electrons. The van der Waals surface area contributed by atoms with Crippen molar-refractivity contribution in [2.75, 3.05) is 19.8 Å². The summed E-state index contributed by atoms with van der Waals surface area (Å²) in [6, 6.07) is -0.581. The van der Waals surface area contributed by atoms with E-state index in [-0.39, 0.29) is 19.8 Å². The van der Waals surface area contributed by atoms with Crippen molar-refractivity contribution in [3.8, 4) is 0 Å². The number of nitrogens with one attached hydrogen (secondary N) is 1. The lowest BCUT2D eigenvalue weighted by molar-refractivity contribution is -0.148. The number of carboxylic acid groups (broad SMARTS) is 1. The highest BCUT2D eigenvalue weighted by atomic mass is 16.5. The third-order valence-corrected chi connectivity index (χ3v) is 2.57. The summed E-state index contributed by atoms with van der Waals surface area (Å²) in [5.41, 5.74) is -1.10. The van der Waals surface area contributed by atoms with Gasteiger partial charge in [0.25, 0.3) is 0 Å². The molecule has 0 saturated carbocycles. The Morgan fingerprint density at radius 2 is 2.44 bits per heavy atom. The molecule has 0 radical (unpaired) electrons. The third kappa shape index (κ3) is 2.52. The molecule has 0 aromatic rings. The van der Waals surface area contributed by atoms with E-state index in [2.05, 4.69) is 11.9 Å². The predicted octanol–water partition coefficient (Wildman–Crippen LogP) is 0.388. The number of aliphatic carboxylic acids is 1. The highest BCUT2D eigenvalue weighted by molar-refractivity contribution is 5.77. The summed E-state index contributed by atoms with van der Waals surface area (Å²) in [7, 11) is 0. The van der Waals surface area contributed by atoms with E-state index < -0.39 is 23.5 Å². The van der Waals surface area contributed by atoms with Gasteiger partial charge in [-0.3, -0.25) is 4.79 Å². The summed E-state index contributed by atoms with van der Waals surface area (Å²) in [5.74, 6) is -1.00. The minimum atomic E-state index is -1.10. The van der Waals surface area contributed by atoms with Gasteiger partial charge >= 0.3 is 12.1 Å². The van der Waals surface area contributed by atoms with E-state index in [9.17, 15) is 9.59 Å². The molecule has 0 aliphatic carbocycles. The molecule has 0 spiro atoms. The topological polar surface area (TPSA) is 84.9 Å². The van der Waals surface area contributed by atoms with Crippen LogP contribution in [0.1, 0.15) is 6.92 Å². The number of carbonyl (C=O) groups is 2. The van der Waals surface area contributed by atoms with Crippen LogP contribution < -0.4 is 5.32 Å². The molecular weight excluding hydrogens is 214 g/mol. The fourth-order valence-corrected chi connectivity index (χ4v) is 1.40. The lowest BCUT2D eigenvalue weighted by Gasteiger charge is -2.24. The first-order chi connectivity index (χ1) is 7.50. The van der Waals surface area contributed by atoms with E-state index in [0.29, 0.717) is 0 Å². The molecule has 1 amide bonds. The number of rotatable bonds is 4. The van der Waals surface area contributed by atoms with Gasteiger partial charge in [-0.15, -0.1) is 0 Å². The first kappa shape index (κ1) is 12.5. The van der Waals surface area contributed by atoms with Crippen molar-refractivity contribution in [3.63, 3.8) is 0 Å². The fraction of sp³-hybridized carbons (Fsp3) is 0.600. The van der Waals surface area contributed by atoms with E-state index in [1.165, 1.54) is 13.0 Å². The molecule has 1 aliphatic rings. The molecule has 1 fully saturated rings. The van der Waals surface area contributed by atoms with Crippen LogP contribution in [0, 0.1) is 5.41 Å². The minimum absolute atomic E-state index is 0.0781. The number of hydrogen-bond donors (Lipinski definition) is 2. The van der Waals surface area contributed by atoms with Crippen LogP contribution in [0.4, 0.5) is 4.79 Å². The summed E-state index contributed by atoms with van der Waals surface area (Å²) in [6.07, 6.45) is 0.768. The second kappa shape index (κ2) is 4.98. The molecular formula is C10H15NO5. The first-order valence-corrected chi connectivity index (χ1v) is 4.86. The molecule has 1 rings (SSSR count). The molecule has 0 aromatic heterocycles. The number of amides is 1. The Labute approximate surface area is 93.2 Å². The van der Waals surface area contributed by atoms with E-state index in [0.717, 1.165) is 0 Å². The summed E-state index contributed by atoms with van der Waals surface area (Å²) in [4.78, 5) is 22.3. The Hall–Kier alpha value is -1.56. The molecule has 2 unspecified atom stereocenters. The van der Waals surface area contributed by atoms with Gasteiger partial charge in [-0.1, -0.05) is 12.7 Å². The average Bonchev–Trinajstić information content (AvgIpc) is 2.59. The predicted molar refractivity (Wildman–Crippen MR) is 55.0 cm³/mol. The van der Waals surface area contributed by atoms with Gasteiger partial charge in [0.05, 0.1) is 19.3 Å². The zero-order valence-electron chi connectivity index (χ0n) is 9.06. The minimum Gasteiger partial charge on any atom is -0.481 e. The van der Waals surface area contributed by atoms with Gasteiger partial charge < -0.3 is 19.9 Å². The Bertz CT molecular complexity index is 304. The van der Waals surface area contributed by atoms with E-state index >= 15 is 0 Å². The molecule has 1 saturated heterocycles. The number of alkyl carbamates (subject to hydrolysis) is 1. The zero-order valence-corrected chi connectivity index (χ0v) is 9.06. The van der Waals surface area contributed by atoms with Crippen LogP contribution in [0.2, 0.25) is 0 Å². The SMILES string of the molecule is C=CCOC(=O)NC1COCC1(C)C(=O)O. The average molecular weight is 229 g/mol. The van der Waals surface area contributed by atoms with Crippen molar-refractivity contribution in [2.24, 2.45) is 5.41 Å². The van der Waals surface area contributed by atoms with Gasteiger partial charge in [-0.25, -0.2) is 4.79 Å². The van der Waals surface area contributed by atoms with Crippen molar-refractivity contribution in [1.29, 1.82) is 0 Å². The summed E-state index contributed by atoms with van der Waals surface area (Å²) in [6.45, 7) is 5.26. The number of hydrogen-bond acceptors (Lipinski definition) is 4. The first-order valence-electron chi connectivity index (χ1n) is 4.86. The molecule has 1 heterocycles. The van der Waals surface area contributed by atoms with Crippen molar-refractivity contribution < 1.29 is 24.2 Å². The maximum Gasteiger partial charge on any atom is 0.407 e. The molecule has 0 aromatic carbocycles. The molecule has 6 heteroatoms. The second-order valence-electron chi connectivity index (χ2n) is 3.82. The molecule has 1 aliphatic heterocycles. The quantitative estimate of drug-likeness (QED) is 0.681. The van der Waals surface area contributed by atoms with E-state index in [4.69, 9.17) is 14.6 Å². The van der Waals surface area contributed by atoms with Crippen LogP contribution in [0.5, 0.6) is 0 Å². The van der Waals surface area contributed by atoms with Gasteiger partial charge in [0.2, 0.25) is 0 Å². The number of ether oxygens (including phenoxy) is 2. The Balaban J connectivity index is 2.56. The van der Waals surface area contributed by atoms with Crippen molar-refractivity contribution in [3.05, 3.63) is 12.7 Å². The van der Waals surface area contributed by atoms with Crippen LogP contribution in [-0.4, -0.2) is 43.0 Å². The Morgan fingerprint density at radius 1 is 1.75 bits per heavy atom. The summed E-state index contributed by atoms with van der Waals surface area (Å²) >= 11 is 0. The monoisotopic (exact) mass is 229 g/mol. The van der Waals surface area contributed by atoms with Crippen molar-refractivity contribution in [1.82, 2.24) is 5.32 Å². The fourth-order valence-electron chi connectivity index (χ4n) is 1.40. The third-order valence-electron chi connectivity index (χ3n) is 2.57. The van der Waals surface area contributed by atoms with Crippen LogP contribution in [0.25, 0.3) is 0 Å².